The average Bonchev–Trinajstić information content (AvgIpc) is 3.22. The number of likely N-dealkylation sites (tertiary alicyclic amines) is 1. The third-order valence-corrected chi connectivity index (χ3v) is 4.91. The average molecular weight is 296 g/mol. The number of amides is 1. The van der Waals surface area contributed by atoms with Gasteiger partial charge in [-0.15, -0.1) is 0 Å². The van der Waals surface area contributed by atoms with Gasteiger partial charge in [-0.1, -0.05) is 13.8 Å². The van der Waals surface area contributed by atoms with Gasteiger partial charge in [-0.3, -0.25) is 9.69 Å². The van der Waals surface area contributed by atoms with E-state index in [1.54, 1.807) is 0 Å². The minimum absolute atomic E-state index is 0.0370. The number of carbonyl (C=O) groups is 1. The first kappa shape index (κ1) is 16.8. The van der Waals surface area contributed by atoms with Crippen molar-refractivity contribution in [2.45, 2.75) is 71.6 Å². The molecule has 3 unspecified atom stereocenters. The fraction of sp³-hybridized carbons (Fsp3) is 0.941. The molecule has 1 aliphatic carbocycles. The number of hydrogen-bond donors (Lipinski definition) is 2. The highest BCUT2D eigenvalue weighted by atomic mass is 16.3. The Labute approximate surface area is 129 Å². The molecule has 122 valence electrons. The summed E-state index contributed by atoms with van der Waals surface area (Å²) in [4.78, 5) is 14.4. The molecule has 21 heavy (non-hydrogen) atoms. The van der Waals surface area contributed by atoms with E-state index in [-0.39, 0.29) is 24.0 Å². The molecule has 0 radical (unpaired) electrons. The predicted octanol–water partition coefficient (Wildman–Crippen LogP) is 2.02. The highest BCUT2D eigenvalue weighted by Gasteiger charge is 2.35. The van der Waals surface area contributed by atoms with E-state index in [0.29, 0.717) is 17.9 Å². The molecule has 1 saturated carbocycles. The first-order valence-corrected chi connectivity index (χ1v) is 8.59. The summed E-state index contributed by atoms with van der Waals surface area (Å²) in [7, 11) is 0. The number of nitrogens with one attached hydrogen (secondary N) is 1. The van der Waals surface area contributed by atoms with Crippen LogP contribution in [0.25, 0.3) is 0 Å². The van der Waals surface area contributed by atoms with E-state index in [1.165, 1.54) is 12.8 Å². The molecule has 2 aliphatic rings. The largest absolute Gasteiger partial charge is 0.393 e. The Morgan fingerprint density at radius 1 is 1.24 bits per heavy atom. The second-order valence-corrected chi connectivity index (χ2v) is 7.65. The molecule has 0 aromatic rings. The van der Waals surface area contributed by atoms with Crippen molar-refractivity contribution < 1.29 is 9.90 Å². The van der Waals surface area contributed by atoms with Crippen molar-refractivity contribution in [1.82, 2.24) is 10.2 Å². The number of nitrogens with zero attached hydrogens (tertiary/aromatic N) is 1. The summed E-state index contributed by atoms with van der Waals surface area (Å²) < 4.78 is 0. The Balaban J connectivity index is 1.92. The Morgan fingerprint density at radius 2 is 1.90 bits per heavy atom. The zero-order valence-corrected chi connectivity index (χ0v) is 14.0. The van der Waals surface area contributed by atoms with Gasteiger partial charge in [0.25, 0.3) is 0 Å². The van der Waals surface area contributed by atoms with Crippen molar-refractivity contribution in [2.24, 2.45) is 17.8 Å². The second kappa shape index (κ2) is 7.10. The summed E-state index contributed by atoms with van der Waals surface area (Å²) >= 11 is 0. The van der Waals surface area contributed by atoms with Gasteiger partial charge in [0.2, 0.25) is 5.91 Å². The van der Waals surface area contributed by atoms with Crippen molar-refractivity contribution >= 4 is 5.91 Å². The van der Waals surface area contributed by atoms with Crippen molar-refractivity contribution in [3.8, 4) is 0 Å². The second-order valence-electron chi connectivity index (χ2n) is 7.65. The van der Waals surface area contributed by atoms with Gasteiger partial charge in [-0.05, 0) is 51.4 Å². The van der Waals surface area contributed by atoms with E-state index in [4.69, 9.17) is 0 Å². The molecule has 1 saturated heterocycles. The van der Waals surface area contributed by atoms with Crippen molar-refractivity contribution in [3.05, 3.63) is 0 Å². The van der Waals surface area contributed by atoms with Crippen molar-refractivity contribution in [1.29, 1.82) is 0 Å². The van der Waals surface area contributed by atoms with E-state index < -0.39 is 0 Å². The van der Waals surface area contributed by atoms with E-state index in [2.05, 4.69) is 24.1 Å². The van der Waals surface area contributed by atoms with Crippen LogP contribution in [0.5, 0.6) is 0 Å². The molecule has 2 fully saturated rings. The molecular weight excluding hydrogens is 264 g/mol. The number of piperidine rings is 1. The monoisotopic (exact) mass is 296 g/mol. The maximum atomic E-state index is 12.0. The predicted molar refractivity (Wildman–Crippen MR) is 84.9 cm³/mol. The summed E-state index contributed by atoms with van der Waals surface area (Å²) in [6, 6.07) is 0.719. The standard InChI is InChI=1S/C17H32N2O2/c1-11(2)17(21)18-15-7-13(8-16(20)14-5-6-14)9-19(10-15)12(3)4/h11-16,20H,5-10H2,1-4H3,(H,18,21). The maximum absolute atomic E-state index is 12.0. The van der Waals surface area contributed by atoms with E-state index in [9.17, 15) is 9.90 Å². The summed E-state index contributed by atoms with van der Waals surface area (Å²) in [6.45, 7) is 10.3. The van der Waals surface area contributed by atoms with Crippen molar-refractivity contribution in [2.75, 3.05) is 13.1 Å². The van der Waals surface area contributed by atoms with Gasteiger partial charge in [0.05, 0.1) is 6.10 Å². The summed E-state index contributed by atoms with van der Waals surface area (Å²) in [5.74, 6) is 1.22. The van der Waals surface area contributed by atoms with Crippen LogP contribution in [0.15, 0.2) is 0 Å². The van der Waals surface area contributed by atoms with Gasteiger partial charge in [-0.25, -0.2) is 0 Å². The van der Waals surface area contributed by atoms with Crippen LogP contribution in [0.1, 0.15) is 53.4 Å². The van der Waals surface area contributed by atoms with Crippen LogP contribution in [0.2, 0.25) is 0 Å². The third kappa shape index (κ3) is 4.96. The van der Waals surface area contributed by atoms with Crippen LogP contribution >= 0.6 is 0 Å². The van der Waals surface area contributed by atoms with Gasteiger partial charge in [0.15, 0.2) is 0 Å². The number of carbonyl (C=O) groups excluding carboxylic acids is 1. The lowest BCUT2D eigenvalue weighted by molar-refractivity contribution is -0.125. The minimum Gasteiger partial charge on any atom is -0.393 e. The van der Waals surface area contributed by atoms with Gasteiger partial charge in [-0.2, -0.15) is 0 Å². The smallest absolute Gasteiger partial charge is 0.222 e. The van der Waals surface area contributed by atoms with Gasteiger partial charge in [0.1, 0.15) is 0 Å². The Bertz CT molecular complexity index is 351. The summed E-state index contributed by atoms with van der Waals surface area (Å²) in [5, 5.41) is 13.4. The minimum atomic E-state index is -0.136. The lowest BCUT2D eigenvalue weighted by atomic mass is 9.87. The zero-order valence-electron chi connectivity index (χ0n) is 14.0. The molecule has 0 spiro atoms. The summed E-state index contributed by atoms with van der Waals surface area (Å²) in [6.07, 6.45) is 4.14. The molecule has 1 heterocycles. The van der Waals surface area contributed by atoms with Crippen molar-refractivity contribution in [3.63, 3.8) is 0 Å². The normalized spacial score (nSPS) is 28.9. The lowest BCUT2D eigenvalue weighted by Gasteiger charge is -2.41. The first-order valence-electron chi connectivity index (χ1n) is 8.59. The van der Waals surface area contributed by atoms with Crippen LogP contribution in [0.4, 0.5) is 0 Å². The highest BCUT2D eigenvalue weighted by molar-refractivity contribution is 5.78. The van der Waals surface area contributed by atoms with Crippen LogP contribution < -0.4 is 5.32 Å². The number of hydrogen-bond acceptors (Lipinski definition) is 3. The Morgan fingerprint density at radius 3 is 2.43 bits per heavy atom. The highest BCUT2D eigenvalue weighted by Crippen LogP contribution is 2.36. The summed E-state index contributed by atoms with van der Waals surface area (Å²) in [5.41, 5.74) is 0. The molecule has 0 aromatic carbocycles. The SMILES string of the molecule is CC(C)C(=O)NC1CC(CC(O)C2CC2)CN(C(C)C)C1. The molecule has 4 nitrogen and oxygen atoms in total. The number of aliphatic hydroxyl groups excluding tert-OH is 1. The quantitative estimate of drug-likeness (QED) is 0.788. The van der Waals surface area contributed by atoms with Crippen LogP contribution in [0, 0.1) is 17.8 Å². The Hall–Kier alpha value is -0.610. The van der Waals surface area contributed by atoms with Gasteiger partial charge in [0, 0.05) is 31.1 Å². The Kier molecular flexibility index (Phi) is 5.67. The van der Waals surface area contributed by atoms with E-state index in [0.717, 1.165) is 25.9 Å². The fourth-order valence-electron chi connectivity index (χ4n) is 3.32. The fourth-order valence-corrected chi connectivity index (χ4v) is 3.32. The van der Waals surface area contributed by atoms with E-state index in [1.807, 2.05) is 13.8 Å². The van der Waals surface area contributed by atoms with Crippen LogP contribution in [0.3, 0.4) is 0 Å². The molecule has 3 atom stereocenters. The molecular formula is C17H32N2O2. The van der Waals surface area contributed by atoms with Crippen LogP contribution in [-0.4, -0.2) is 47.2 Å². The number of rotatable bonds is 6. The van der Waals surface area contributed by atoms with Gasteiger partial charge >= 0.3 is 0 Å². The zero-order chi connectivity index (χ0) is 15.6. The third-order valence-electron chi connectivity index (χ3n) is 4.91. The molecule has 2 N–H and O–H groups in total. The molecule has 0 bridgehead atoms. The molecule has 0 aromatic heterocycles. The van der Waals surface area contributed by atoms with Gasteiger partial charge < -0.3 is 10.4 Å². The van der Waals surface area contributed by atoms with E-state index >= 15 is 0 Å². The van der Waals surface area contributed by atoms with Crippen LogP contribution in [-0.2, 0) is 4.79 Å². The molecule has 4 heteroatoms. The topological polar surface area (TPSA) is 52.6 Å². The number of aliphatic hydroxyl groups is 1. The molecule has 1 amide bonds. The molecule has 1 aliphatic heterocycles. The maximum Gasteiger partial charge on any atom is 0.222 e. The molecule has 2 rings (SSSR count). The first-order chi connectivity index (χ1) is 9.86. The lowest BCUT2D eigenvalue weighted by Crippen LogP contribution is -2.53.